The molecule has 18 heavy (non-hydrogen) atoms. The summed E-state index contributed by atoms with van der Waals surface area (Å²) in [5.41, 5.74) is 1.15. The first-order valence-electron chi connectivity index (χ1n) is 6.48. The van der Waals surface area contributed by atoms with Gasteiger partial charge in [-0.3, -0.25) is 4.90 Å². The molecule has 1 N–H and O–H groups in total. The Morgan fingerprint density at radius 3 is 2.72 bits per heavy atom. The monoisotopic (exact) mass is 286 g/mol. The van der Waals surface area contributed by atoms with E-state index >= 15 is 0 Å². The number of benzene rings is 1. The fourth-order valence-electron chi connectivity index (χ4n) is 2.50. The van der Waals surface area contributed by atoms with Crippen LogP contribution in [-0.2, 0) is 6.54 Å². The van der Waals surface area contributed by atoms with Gasteiger partial charge in [-0.1, -0.05) is 29.3 Å². The van der Waals surface area contributed by atoms with Crippen molar-refractivity contribution in [2.24, 2.45) is 0 Å². The van der Waals surface area contributed by atoms with Gasteiger partial charge in [0, 0.05) is 35.2 Å². The van der Waals surface area contributed by atoms with Gasteiger partial charge >= 0.3 is 0 Å². The van der Waals surface area contributed by atoms with Crippen LogP contribution in [0.5, 0.6) is 0 Å². The average molecular weight is 287 g/mol. The number of nitrogens with one attached hydrogen (secondary N) is 1. The van der Waals surface area contributed by atoms with Crippen LogP contribution in [0.1, 0.15) is 25.8 Å². The fourth-order valence-corrected chi connectivity index (χ4v) is 2.97. The van der Waals surface area contributed by atoms with Gasteiger partial charge in [0.05, 0.1) is 0 Å². The predicted molar refractivity (Wildman–Crippen MR) is 78.4 cm³/mol. The molecule has 0 bridgehead atoms. The fraction of sp³-hybridized carbons (Fsp3) is 0.571. The lowest BCUT2D eigenvalue weighted by atomic mass is 10.1. The Hall–Kier alpha value is -0.280. The van der Waals surface area contributed by atoms with E-state index in [0.717, 1.165) is 30.2 Å². The second-order valence-corrected chi connectivity index (χ2v) is 5.99. The minimum absolute atomic E-state index is 0.515. The largest absolute Gasteiger partial charge is 0.315 e. The Morgan fingerprint density at radius 2 is 2.17 bits per heavy atom. The van der Waals surface area contributed by atoms with Gasteiger partial charge < -0.3 is 5.32 Å². The van der Waals surface area contributed by atoms with Crippen LogP contribution in [-0.4, -0.2) is 30.1 Å². The number of rotatable bonds is 4. The van der Waals surface area contributed by atoms with Crippen molar-refractivity contribution in [2.45, 2.75) is 38.9 Å². The van der Waals surface area contributed by atoms with E-state index < -0.39 is 0 Å². The van der Waals surface area contributed by atoms with Crippen LogP contribution in [0.2, 0.25) is 10.0 Å². The lowest BCUT2D eigenvalue weighted by Crippen LogP contribution is -2.41. The van der Waals surface area contributed by atoms with E-state index in [4.69, 9.17) is 23.2 Å². The third kappa shape index (κ3) is 3.39. The number of hydrogen-bond acceptors (Lipinski definition) is 2. The second kappa shape index (κ2) is 6.25. The number of halogens is 2. The summed E-state index contributed by atoms with van der Waals surface area (Å²) in [6.45, 7) is 7.55. The first-order chi connectivity index (χ1) is 8.58. The molecule has 1 heterocycles. The normalized spacial score (nSPS) is 20.0. The van der Waals surface area contributed by atoms with E-state index in [2.05, 4.69) is 24.1 Å². The maximum atomic E-state index is 6.26. The van der Waals surface area contributed by atoms with Crippen LogP contribution in [0.4, 0.5) is 0 Å². The van der Waals surface area contributed by atoms with Crippen LogP contribution < -0.4 is 5.32 Å². The molecule has 0 radical (unpaired) electrons. The maximum Gasteiger partial charge on any atom is 0.0465 e. The summed E-state index contributed by atoms with van der Waals surface area (Å²) in [7, 11) is 0. The van der Waals surface area contributed by atoms with Gasteiger partial charge in [0.1, 0.15) is 0 Å². The molecule has 0 saturated carbocycles. The van der Waals surface area contributed by atoms with Crippen LogP contribution in [0.25, 0.3) is 0 Å². The third-order valence-electron chi connectivity index (χ3n) is 3.53. The van der Waals surface area contributed by atoms with E-state index in [1.165, 1.54) is 6.42 Å². The van der Waals surface area contributed by atoms with Crippen LogP contribution in [0.15, 0.2) is 18.2 Å². The molecule has 2 nitrogen and oxygen atoms in total. The molecule has 0 amide bonds. The first-order valence-corrected chi connectivity index (χ1v) is 7.24. The van der Waals surface area contributed by atoms with Crippen molar-refractivity contribution in [3.8, 4) is 0 Å². The molecule has 1 aliphatic rings. The highest BCUT2D eigenvalue weighted by Gasteiger charge is 2.24. The van der Waals surface area contributed by atoms with E-state index in [-0.39, 0.29) is 0 Å². The summed E-state index contributed by atoms with van der Waals surface area (Å²) in [5, 5.41) is 4.88. The Morgan fingerprint density at radius 1 is 1.39 bits per heavy atom. The SMILES string of the molecule is CC(C)N(Cc1ccc(Cl)cc1Cl)[C@H]1CCNC1. The molecule has 2 rings (SSSR count). The summed E-state index contributed by atoms with van der Waals surface area (Å²) < 4.78 is 0. The minimum Gasteiger partial charge on any atom is -0.315 e. The topological polar surface area (TPSA) is 15.3 Å². The van der Waals surface area contributed by atoms with E-state index in [9.17, 15) is 0 Å². The van der Waals surface area contributed by atoms with Crippen molar-refractivity contribution in [3.63, 3.8) is 0 Å². The molecule has 4 heteroatoms. The molecule has 100 valence electrons. The average Bonchev–Trinajstić information content (AvgIpc) is 2.80. The minimum atomic E-state index is 0.515. The first kappa shape index (κ1) is 14.1. The standard InChI is InChI=1S/C14H20Cl2N2/c1-10(2)18(13-5-6-17-8-13)9-11-3-4-12(15)7-14(11)16/h3-4,7,10,13,17H,5-6,8-9H2,1-2H3/t13-/m0/s1. The van der Waals surface area contributed by atoms with Gasteiger partial charge in [0.2, 0.25) is 0 Å². The molecule has 0 aromatic heterocycles. The highest BCUT2D eigenvalue weighted by molar-refractivity contribution is 6.35. The van der Waals surface area contributed by atoms with E-state index in [0.29, 0.717) is 17.1 Å². The van der Waals surface area contributed by atoms with Crippen molar-refractivity contribution < 1.29 is 0 Å². The highest BCUT2D eigenvalue weighted by atomic mass is 35.5. The zero-order chi connectivity index (χ0) is 13.1. The number of nitrogens with zero attached hydrogens (tertiary/aromatic N) is 1. The van der Waals surface area contributed by atoms with Crippen LogP contribution in [0, 0.1) is 0 Å². The van der Waals surface area contributed by atoms with Crippen molar-refractivity contribution in [1.29, 1.82) is 0 Å². The smallest absolute Gasteiger partial charge is 0.0465 e. The zero-order valence-electron chi connectivity index (χ0n) is 10.9. The van der Waals surface area contributed by atoms with Gasteiger partial charge in [0.15, 0.2) is 0 Å². The molecule has 1 fully saturated rings. The second-order valence-electron chi connectivity index (χ2n) is 5.15. The van der Waals surface area contributed by atoms with E-state index in [1.54, 1.807) is 0 Å². The summed E-state index contributed by atoms with van der Waals surface area (Å²) >= 11 is 12.2. The lowest BCUT2D eigenvalue weighted by molar-refractivity contribution is 0.154. The Balaban J connectivity index is 2.12. The molecule has 0 spiro atoms. The third-order valence-corrected chi connectivity index (χ3v) is 4.12. The van der Waals surface area contributed by atoms with Crippen LogP contribution >= 0.6 is 23.2 Å². The molecule has 1 aromatic rings. The van der Waals surface area contributed by atoms with E-state index in [1.807, 2.05) is 18.2 Å². The van der Waals surface area contributed by atoms with Gasteiger partial charge in [-0.15, -0.1) is 0 Å². The van der Waals surface area contributed by atoms with Gasteiger partial charge in [-0.25, -0.2) is 0 Å². The summed E-state index contributed by atoms with van der Waals surface area (Å²) in [6, 6.07) is 6.89. The lowest BCUT2D eigenvalue weighted by Gasteiger charge is -2.32. The van der Waals surface area contributed by atoms with Crippen molar-refractivity contribution in [1.82, 2.24) is 10.2 Å². The van der Waals surface area contributed by atoms with Gasteiger partial charge in [-0.2, -0.15) is 0 Å². The molecule has 1 atom stereocenters. The molecule has 0 aliphatic carbocycles. The molecule has 1 aliphatic heterocycles. The molecular weight excluding hydrogens is 267 g/mol. The molecular formula is C14H20Cl2N2. The van der Waals surface area contributed by atoms with Crippen molar-refractivity contribution >= 4 is 23.2 Å². The Labute approximate surface area is 119 Å². The summed E-state index contributed by atoms with van der Waals surface area (Å²) in [6.07, 6.45) is 1.21. The predicted octanol–water partition coefficient (Wildman–Crippen LogP) is 3.57. The summed E-state index contributed by atoms with van der Waals surface area (Å²) in [5.74, 6) is 0. The molecule has 1 saturated heterocycles. The molecule has 1 aromatic carbocycles. The maximum absolute atomic E-state index is 6.26. The summed E-state index contributed by atoms with van der Waals surface area (Å²) in [4.78, 5) is 2.51. The highest BCUT2D eigenvalue weighted by Crippen LogP contribution is 2.24. The van der Waals surface area contributed by atoms with Gasteiger partial charge in [-0.05, 0) is 44.5 Å². The zero-order valence-corrected chi connectivity index (χ0v) is 12.4. The van der Waals surface area contributed by atoms with Crippen LogP contribution in [0.3, 0.4) is 0 Å². The molecule has 0 unspecified atom stereocenters. The van der Waals surface area contributed by atoms with Crippen molar-refractivity contribution in [3.05, 3.63) is 33.8 Å². The number of hydrogen-bond donors (Lipinski definition) is 1. The Kier molecular flexibility index (Phi) is 4.91. The van der Waals surface area contributed by atoms with Crippen molar-refractivity contribution in [2.75, 3.05) is 13.1 Å². The van der Waals surface area contributed by atoms with Gasteiger partial charge in [0.25, 0.3) is 0 Å². The Bertz CT molecular complexity index is 401. The quantitative estimate of drug-likeness (QED) is 0.910.